The van der Waals surface area contributed by atoms with Gasteiger partial charge in [0.1, 0.15) is 0 Å². The van der Waals surface area contributed by atoms with Gasteiger partial charge in [-0.05, 0) is 29.7 Å². The SMILES string of the molecule is CCCCCCN(CCN1CCOCC1)C(=O)CSc1nnnn1C1CC1. The van der Waals surface area contributed by atoms with E-state index < -0.39 is 0 Å². The number of nitrogens with zero attached hydrogens (tertiary/aromatic N) is 6. The largest absolute Gasteiger partial charge is 0.379 e. The van der Waals surface area contributed by atoms with Gasteiger partial charge in [-0.1, -0.05) is 37.9 Å². The fourth-order valence-corrected chi connectivity index (χ4v) is 4.07. The molecule has 1 aliphatic carbocycles. The molecule has 1 aliphatic heterocycles. The summed E-state index contributed by atoms with van der Waals surface area (Å²) < 4.78 is 7.29. The monoisotopic (exact) mass is 396 g/mol. The molecule has 0 radical (unpaired) electrons. The number of carbonyl (C=O) groups excluding carboxylic acids is 1. The zero-order valence-corrected chi connectivity index (χ0v) is 17.2. The molecule has 2 aliphatic rings. The summed E-state index contributed by atoms with van der Waals surface area (Å²) in [6, 6.07) is 0.434. The van der Waals surface area contributed by atoms with Crippen molar-refractivity contribution in [1.82, 2.24) is 30.0 Å². The number of hydrogen-bond donors (Lipinski definition) is 0. The maximum Gasteiger partial charge on any atom is 0.233 e. The highest BCUT2D eigenvalue weighted by atomic mass is 32.2. The summed E-state index contributed by atoms with van der Waals surface area (Å²) in [4.78, 5) is 17.3. The lowest BCUT2D eigenvalue weighted by Gasteiger charge is -2.30. The number of aromatic nitrogens is 4. The van der Waals surface area contributed by atoms with Crippen molar-refractivity contribution >= 4 is 17.7 Å². The van der Waals surface area contributed by atoms with E-state index in [4.69, 9.17) is 4.74 Å². The molecule has 0 atom stereocenters. The zero-order chi connectivity index (χ0) is 18.9. The molecule has 0 aromatic carbocycles. The molecule has 0 N–H and O–H groups in total. The lowest BCUT2D eigenvalue weighted by molar-refractivity contribution is -0.128. The summed E-state index contributed by atoms with van der Waals surface area (Å²) in [5.74, 6) is 0.597. The third-order valence-corrected chi connectivity index (χ3v) is 6.02. The van der Waals surface area contributed by atoms with Crippen LogP contribution in [0.5, 0.6) is 0 Å². The summed E-state index contributed by atoms with van der Waals surface area (Å²) in [6.45, 7) is 8.28. The first-order valence-corrected chi connectivity index (χ1v) is 11.2. The Bertz CT molecular complexity index is 574. The van der Waals surface area contributed by atoms with Gasteiger partial charge < -0.3 is 9.64 Å². The van der Waals surface area contributed by atoms with Crippen molar-refractivity contribution in [2.24, 2.45) is 0 Å². The first-order chi connectivity index (χ1) is 13.3. The van der Waals surface area contributed by atoms with E-state index in [0.29, 0.717) is 11.8 Å². The minimum absolute atomic E-state index is 0.190. The Balaban J connectivity index is 1.47. The molecule has 0 unspecified atom stereocenters. The van der Waals surface area contributed by atoms with Crippen LogP contribution in [0.4, 0.5) is 0 Å². The van der Waals surface area contributed by atoms with E-state index in [1.165, 1.54) is 31.0 Å². The lowest BCUT2D eigenvalue weighted by atomic mass is 10.2. The van der Waals surface area contributed by atoms with Gasteiger partial charge in [0.05, 0.1) is 25.0 Å². The fraction of sp³-hybridized carbons (Fsp3) is 0.889. The standard InChI is InChI=1S/C18H32N6O2S/c1-2-3-4-5-8-23(10-9-22-11-13-26-14-12-22)17(25)15-27-18-19-20-21-24(18)16-6-7-16/h16H,2-15H2,1H3. The van der Waals surface area contributed by atoms with E-state index in [-0.39, 0.29) is 5.91 Å². The number of hydrogen-bond acceptors (Lipinski definition) is 7. The Hall–Kier alpha value is -1.19. The van der Waals surface area contributed by atoms with Crippen LogP contribution in [0.1, 0.15) is 51.5 Å². The number of unbranched alkanes of at least 4 members (excludes halogenated alkanes) is 3. The van der Waals surface area contributed by atoms with Gasteiger partial charge in [-0.25, -0.2) is 4.68 Å². The molecule has 2 fully saturated rings. The normalized spacial score (nSPS) is 18.0. The van der Waals surface area contributed by atoms with Crippen LogP contribution in [0.3, 0.4) is 0 Å². The Morgan fingerprint density at radius 1 is 1.22 bits per heavy atom. The van der Waals surface area contributed by atoms with E-state index in [1.54, 1.807) is 0 Å². The van der Waals surface area contributed by atoms with Crippen LogP contribution in [0, 0.1) is 0 Å². The van der Waals surface area contributed by atoms with Gasteiger partial charge in [0.15, 0.2) is 0 Å². The number of carbonyl (C=O) groups is 1. The van der Waals surface area contributed by atoms with E-state index in [9.17, 15) is 4.79 Å². The minimum atomic E-state index is 0.190. The molecule has 3 rings (SSSR count). The molecule has 0 bridgehead atoms. The molecule has 9 heteroatoms. The van der Waals surface area contributed by atoms with Gasteiger partial charge >= 0.3 is 0 Å². The predicted molar refractivity (Wildman–Crippen MR) is 105 cm³/mol. The van der Waals surface area contributed by atoms with Gasteiger partial charge in [0, 0.05) is 32.7 Å². The summed E-state index contributed by atoms with van der Waals surface area (Å²) in [5, 5.41) is 12.7. The number of ether oxygens (including phenoxy) is 1. The number of rotatable bonds is 12. The van der Waals surface area contributed by atoms with Crippen LogP contribution in [-0.2, 0) is 9.53 Å². The van der Waals surface area contributed by atoms with Crippen LogP contribution in [0.15, 0.2) is 5.16 Å². The van der Waals surface area contributed by atoms with Gasteiger partial charge in [-0.2, -0.15) is 0 Å². The number of amides is 1. The van der Waals surface area contributed by atoms with E-state index in [0.717, 1.165) is 70.4 Å². The Morgan fingerprint density at radius 3 is 2.78 bits per heavy atom. The number of thioether (sulfide) groups is 1. The quantitative estimate of drug-likeness (QED) is 0.394. The molecular weight excluding hydrogens is 364 g/mol. The van der Waals surface area contributed by atoms with Crippen molar-refractivity contribution in [3.63, 3.8) is 0 Å². The van der Waals surface area contributed by atoms with Gasteiger partial charge in [-0.15, -0.1) is 5.10 Å². The molecule has 1 aromatic heterocycles. The van der Waals surface area contributed by atoms with Crippen molar-refractivity contribution in [3.05, 3.63) is 0 Å². The van der Waals surface area contributed by atoms with Crippen molar-refractivity contribution in [2.75, 3.05) is 51.7 Å². The first kappa shape index (κ1) is 20.5. The summed E-state index contributed by atoms with van der Waals surface area (Å²) in [7, 11) is 0. The average molecular weight is 397 g/mol. The second-order valence-electron chi connectivity index (χ2n) is 7.32. The summed E-state index contributed by atoms with van der Waals surface area (Å²) in [6.07, 6.45) is 6.97. The Kier molecular flexibility index (Phi) is 8.34. The third kappa shape index (κ3) is 6.73. The van der Waals surface area contributed by atoms with Crippen LogP contribution >= 0.6 is 11.8 Å². The maximum absolute atomic E-state index is 12.9. The van der Waals surface area contributed by atoms with Crippen LogP contribution in [-0.4, -0.2) is 87.6 Å². The zero-order valence-electron chi connectivity index (χ0n) is 16.4. The van der Waals surface area contributed by atoms with Gasteiger partial charge in [0.25, 0.3) is 0 Å². The van der Waals surface area contributed by atoms with Crippen molar-refractivity contribution in [1.29, 1.82) is 0 Å². The topological polar surface area (TPSA) is 76.4 Å². The minimum Gasteiger partial charge on any atom is -0.379 e. The lowest BCUT2D eigenvalue weighted by Crippen LogP contribution is -2.43. The van der Waals surface area contributed by atoms with Crippen molar-refractivity contribution in [2.45, 2.75) is 56.6 Å². The molecule has 1 saturated carbocycles. The highest BCUT2D eigenvalue weighted by molar-refractivity contribution is 7.99. The van der Waals surface area contributed by atoms with E-state index >= 15 is 0 Å². The second kappa shape index (κ2) is 11.0. The summed E-state index contributed by atoms with van der Waals surface area (Å²) >= 11 is 1.47. The fourth-order valence-electron chi connectivity index (χ4n) is 3.22. The van der Waals surface area contributed by atoms with Gasteiger partial charge in [-0.3, -0.25) is 9.69 Å². The molecule has 1 amide bonds. The highest BCUT2D eigenvalue weighted by Gasteiger charge is 2.28. The molecule has 1 saturated heterocycles. The molecule has 2 heterocycles. The smallest absolute Gasteiger partial charge is 0.233 e. The van der Waals surface area contributed by atoms with Crippen molar-refractivity contribution < 1.29 is 9.53 Å². The Labute approximate surface area is 166 Å². The number of morpholine rings is 1. The van der Waals surface area contributed by atoms with Crippen LogP contribution in [0.2, 0.25) is 0 Å². The van der Waals surface area contributed by atoms with E-state index in [2.05, 4.69) is 27.3 Å². The third-order valence-electron chi connectivity index (χ3n) is 5.10. The second-order valence-corrected chi connectivity index (χ2v) is 8.26. The van der Waals surface area contributed by atoms with Crippen LogP contribution in [0.25, 0.3) is 0 Å². The average Bonchev–Trinajstić information content (AvgIpc) is 3.44. The highest BCUT2D eigenvalue weighted by Crippen LogP contribution is 2.36. The Morgan fingerprint density at radius 2 is 2.04 bits per heavy atom. The molecule has 27 heavy (non-hydrogen) atoms. The predicted octanol–water partition coefficient (Wildman–Crippen LogP) is 1.84. The number of tetrazole rings is 1. The molecular formula is C18H32N6O2S. The molecule has 8 nitrogen and oxygen atoms in total. The van der Waals surface area contributed by atoms with E-state index in [1.807, 2.05) is 9.58 Å². The van der Waals surface area contributed by atoms with Crippen molar-refractivity contribution in [3.8, 4) is 0 Å². The molecule has 152 valence electrons. The maximum atomic E-state index is 12.9. The molecule has 0 spiro atoms. The summed E-state index contributed by atoms with van der Waals surface area (Å²) in [5.41, 5.74) is 0. The first-order valence-electron chi connectivity index (χ1n) is 10.3. The van der Waals surface area contributed by atoms with Gasteiger partial charge in [0.2, 0.25) is 11.1 Å². The molecule has 1 aromatic rings. The van der Waals surface area contributed by atoms with Crippen LogP contribution < -0.4 is 0 Å².